The van der Waals surface area contributed by atoms with Gasteiger partial charge in [-0.05, 0) is 39.7 Å². The second kappa shape index (κ2) is 5.77. The maximum Gasteiger partial charge on any atom is 0.327 e. The van der Waals surface area contributed by atoms with Gasteiger partial charge in [0.1, 0.15) is 5.54 Å². The molecule has 0 aromatic rings. The van der Waals surface area contributed by atoms with E-state index in [2.05, 4.69) is 24.1 Å². The molecule has 3 unspecified atom stereocenters. The van der Waals surface area contributed by atoms with Crippen LogP contribution in [0.25, 0.3) is 0 Å². The first kappa shape index (κ1) is 14.8. The summed E-state index contributed by atoms with van der Waals surface area (Å²) in [5, 5.41) is 3.25. The van der Waals surface area contributed by atoms with Crippen LogP contribution in [0.4, 0.5) is 0 Å². The van der Waals surface area contributed by atoms with Gasteiger partial charge in [-0.25, -0.2) is 4.79 Å². The molecule has 3 atom stereocenters. The second-order valence-electron chi connectivity index (χ2n) is 5.91. The van der Waals surface area contributed by atoms with Crippen molar-refractivity contribution < 1.29 is 14.3 Å². The van der Waals surface area contributed by atoms with Crippen molar-refractivity contribution in [3.63, 3.8) is 0 Å². The number of carbonyl (C=O) groups is 1. The van der Waals surface area contributed by atoms with Crippen LogP contribution in [-0.2, 0) is 14.3 Å². The number of hydrogen-bond acceptors (Lipinski definition) is 5. The third-order valence-corrected chi connectivity index (χ3v) is 4.46. The van der Waals surface area contributed by atoms with Crippen molar-refractivity contribution >= 4 is 5.97 Å². The molecule has 2 fully saturated rings. The minimum Gasteiger partial charge on any atom is -0.468 e. The van der Waals surface area contributed by atoms with Gasteiger partial charge in [-0.2, -0.15) is 0 Å². The molecule has 1 saturated carbocycles. The Morgan fingerprint density at radius 3 is 2.68 bits per heavy atom. The van der Waals surface area contributed by atoms with Crippen molar-refractivity contribution in [3.05, 3.63) is 0 Å². The van der Waals surface area contributed by atoms with Crippen molar-refractivity contribution in [2.24, 2.45) is 5.92 Å². The molecule has 5 nitrogen and oxygen atoms in total. The van der Waals surface area contributed by atoms with E-state index in [0.717, 1.165) is 26.0 Å². The monoisotopic (exact) mass is 270 g/mol. The third kappa shape index (κ3) is 2.93. The molecule has 1 saturated heterocycles. The molecule has 19 heavy (non-hydrogen) atoms. The largest absolute Gasteiger partial charge is 0.468 e. The van der Waals surface area contributed by atoms with Crippen molar-refractivity contribution in [1.29, 1.82) is 0 Å². The zero-order chi connectivity index (χ0) is 14.0. The van der Waals surface area contributed by atoms with Crippen LogP contribution in [0.15, 0.2) is 0 Å². The molecular formula is C14H26N2O3. The summed E-state index contributed by atoms with van der Waals surface area (Å²) in [4.78, 5) is 14.6. The maximum atomic E-state index is 12.3. The molecule has 2 aliphatic rings. The Balaban J connectivity index is 2.12. The molecule has 1 aliphatic carbocycles. The predicted octanol–water partition coefficient (Wildman–Crippen LogP) is 0.637. The fourth-order valence-electron chi connectivity index (χ4n) is 3.02. The Hall–Kier alpha value is -0.650. The molecule has 2 rings (SSSR count). The first-order valence-corrected chi connectivity index (χ1v) is 7.16. The number of esters is 1. The summed E-state index contributed by atoms with van der Waals surface area (Å²) in [5.74, 6) is 0.263. The standard InChI is InChI=1S/C14H26N2O3/c1-10-8-19-11(2)7-16(10)9-14(15-3,12-5-6-12)13(17)18-4/h10-12,15H,5-9H2,1-4H3. The third-order valence-electron chi connectivity index (χ3n) is 4.46. The predicted molar refractivity (Wildman–Crippen MR) is 73.0 cm³/mol. The van der Waals surface area contributed by atoms with E-state index in [1.54, 1.807) is 0 Å². The van der Waals surface area contributed by atoms with E-state index in [-0.39, 0.29) is 12.1 Å². The average molecular weight is 270 g/mol. The molecule has 0 aromatic heterocycles. The SMILES string of the molecule is CNC(CN1CC(C)OCC1C)(C(=O)OC)C1CC1. The molecule has 0 spiro atoms. The number of hydrogen-bond donors (Lipinski definition) is 1. The van der Waals surface area contributed by atoms with Crippen LogP contribution in [0, 0.1) is 5.92 Å². The van der Waals surface area contributed by atoms with Gasteiger partial charge in [0.15, 0.2) is 0 Å². The Bertz CT molecular complexity index is 333. The quantitative estimate of drug-likeness (QED) is 0.743. The molecule has 1 aliphatic heterocycles. The molecule has 110 valence electrons. The van der Waals surface area contributed by atoms with Crippen molar-refractivity contribution in [1.82, 2.24) is 10.2 Å². The fraction of sp³-hybridized carbons (Fsp3) is 0.929. The Kier molecular flexibility index (Phi) is 4.48. The summed E-state index contributed by atoms with van der Waals surface area (Å²) >= 11 is 0. The Labute approximate surface area is 115 Å². The van der Waals surface area contributed by atoms with Gasteiger partial charge in [-0.15, -0.1) is 0 Å². The first-order valence-electron chi connectivity index (χ1n) is 7.16. The van der Waals surface area contributed by atoms with Gasteiger partial charge >= 0.3 is 5.97 Å². The minimum atomic E-state index is -0.555. The van der Waals surface area contributed by atoms with Gasteiger partial charge in [0, 0.05) is 19.1 Å². The number of morpholine rings is 1. The molecule has 0 bridgehead atoms. The van der Waals surface area contributed by atoms with E-state index in [0.29, 0.717) is 18.5 Å². The van der Waals surface area contributed by atoms with Gasteiger partial charge in [0.05, 0.1) is 19.8 Å². The molecule has 5 heteroatoms. The average Bonchev–Trinajstić information content (AvgIpc) is 3.23. The van der Waals surface area contributed by atoms with Crippen LogP contribution in [0.1, 0.15) is 26.7 Å². The van der Waals surface area contributed by atoms with Crippen molar-refractivity contribution in [2.45, 2.75) is 44.4 Å². The summed E-state index contributed by atoms with van der Waals surface area (Å²) in [6.07, 6.45) is 2.43. The highest BCUT2D eigenvalue weighted by molar-refractivity contribution is 5.82. The number of carbonyl (C=O) groups excluding carboxylic acids is 1. The molecule has 1 heterocycles. The lowest BCUT2D eigenvalue weighted by Crippen LogP contribution is -2.63. The van der Waals surface area contributed by atoms with Crippen LogP contribution in [-0.4, -0.2) is 62.4 Å². The molecular weight excluding hydrogens is 244 g/mol. The highest BCUT2D eigenvalue weighted by Crippen LogP contribution is 2.41. The number of nitrogens with zero attached hydrogens (tertiary/aromatic N) is 1. The Morgan fingerprint density at radius 1 is 1.47 bits per heavy atom. The van der Waals surface area contributed by atoms with Crippen LogP contribution in [0.3, 0.4) is 0 Å². The highest BCUT2D eigenvalue weighted by atomic mass is 16.5. The van der Waals surface area contributed by atoms with Crippen LogP contribution >= 0.6 is 0 Å². The van der Waals surface area contributed by atoms with Gasteiger partial charge in [-0.1, -0.05) is 0 Å². The number of rotatable bonds is 5. The fourth-order valence-corrected chi connectivity index (χ4v) is 3.02. The van der Waals surface area contributed by atoms with E-state index in [9.17, 15) is 4.79 Å². The first-order chi connectivity index (χ1) is 9.03. The van der Waals surface area contributed by atoms with Gasteiger partial charge in [0.2, 0.25) is 0 Å². The van der Waals surface area contributed by atoms with Crippen LogP contribution in [0.2, 0.25) is 0 Å². The second-order valence-corrected chi connectivity index (χ2v) is 5.91. The lowest BCUT2D eigenvalue weighted by Gasteiger charge is -2.42. The van der Waals surface area contributed by atoms with E-state index in [1.807, 2.05) is 7.05 Å². The molecule has 0 amide bonds. The van der Waals surface area contributed by atoms with Crippen molar-refractivity contribution in [2.75, 3.05) is 33.9 Å². The maximum absolute atomic E-state index is 12.3. The Morgan fingerprint density at radius 2 is 2.16 bits per heavy atom. The molecule has 0 radical (unpaired) electrons. The van der Waals surface area contributed by atoms with Gasteiger partial charge in [-0.3, -0.25) is 4.90 Å². The number of methoxy groups -OCH3 is 1. The van der Waals surface area contributed by atoms with Gasteiger partial charge < -0.3 is 14.8 Å². The van der Waals surface area contributed by atoms with E-state index in [4.69, 9.17) is 9.47 Å². The normalized spacial score (nSPS) is 31.8. The van der Waals surface area contributed by atoms with E-state index < -0.39 is 5.54 Å². The number of likely N-dealkylation sites (N-methyl/N-ethyl adjacent to an activating group) is 1. The summed E-state index contributed by atoms with van der Waals surface area (Å²) in [5.41, 5.74) is -0.555. The summed E-state index contributed by atoms with van der Waals surface area (Å²) < 4.78 is 10.7. The number of nitrogens with one attached hydrogen (secondary N) is 1. The minimum absolute atomic E-state index is 0.135. The van der Waals surface area contributed by atoms with Crippen molar-refractivity contribution in [3.8, 4) is 0 Å². The number of ether oxygens (including phenoxy) is 2. The summed E-state index contributed by atoms with van der Waals surface area (Å²) in [6, 6.07) is 0.340. The lowest BCUT2D eigenvalue weighted by atomic mass is 9.91. The van der Waals surface area contributed by atoms with Crippen LogP contribution < -0.4 is 5.32 Å². The van der Waals surface area contributed by atoms with E-state index in [1.165, 1.54) is 7.11 Å². The molecule has 0 aromatic carbocycles. The van der Waals surface area contributed by atoms with Crippen LogP contribution in [0.5, 0.6) is 0 Å². The van der Waals surface area contributed by atoms with E-state index >= 15 is 0 Å². The topological polar surface area (TPSA) is 50.8 Å². The smallest absolute Gasteiger partial charge is 0.327 e. The molecule has 1 N–H and O–H groups in total. The van der Waals surface area contributed by atoms with Gasteiger partial charge in [0.25, 0.3) is 0 Å². The summed E-state index contributed by atoms with van der Waals surface area (Å²) in [6.45, 7) is 6.53. The zero-order valence-electron chi connectivity index (χ0n) is 12.4. The highest BCUT2D eigenvalue weighted by Gasteiger charge is 2.52. The lowest BCUT2D eigenvalue weighted by molar-refractivity contribution is -0.152. The zero-order valence-corrected chi connectivity index (χ0v) is 12.4. The summed E-state index contributed by atoms with van der Waals surface area (Å²) in [7, 11) is 3.34.